The summed E-state index contributed by atoms with van der Waals surface area (Å²) in [6, 6.07) is 0. The molecule has 0 radical (unpaired) electrons. The average molecular weight is 142 g/mol. The van der Waals surface area contributed by atoms with E-state index in [1.165, 1.54) is 6.42 Å². The predicted molar refractivity (Wildman–Crippen MR) is 45.8 cm³/mol. The van der Waals surface area contributed by atoms with E-state index in [-0.39, 0.29) is 0 Å². The van der Waals surface area contributed by atoms with Crippen LogP contribution in [0.1, 0.15) is 32.6 Å². The Labute approximate surface area is 63.4 Å². The van der Waals surface area contributed by atoms with Gasteiger partial charge in [-0.1, -0.05) is 6.92 Å². The van der Waals surface area contributed by atoms with Crippen LogP contribution >= 0.6 is 12.6 Å². The highest BCUT2D eigenvalue weighted by Crippen LogP contribution is 1.89. The molecule has 1 heteroatoms. The summed E-state index contributed by atoms with van der Waals surface area (Å²) in [4.78, 5) is 0. The van der Waals surface area contributed by atoms with Crippen molar-refractivity contribution in [2.75, 3.05) is 5.75 Å². The van der Waals surface area contributed by atoms with Crippen molar-refractivity contribution in [3.05, 3.63) is 0 Å². The van der Waals surface area contributed by atoms with Crippen molar-refractivity contribution in [1.29, 1.82) is 0 Å². The average Bonchev–Trinajstić information content (AvgIpc) is 1.89. The van der Waals surface area contributed by atoms with Gasteiger partial charge in [-0.3, -0.25) is 0 Å². The van der Waals surface area contributed by atoms with E-state index in [0.29, 0.717) is 0 Å². The molecule has 0 fully saturated rings. The van der Waals surface area contributed by atoms with Gasteiger partial charge in [0.05, 0.1) is 0 Å². The predicted octanol–water partition coefficient (Wildman–Crippen LogP) is 2.50. The monoisotopic (exact) mass is 142 g/mol. The van der Waals surface area contributed by atoms with Gasteiger partial charge in [0.2, 0.25) is 0 Å². The number of thiol groups is 1. The second kappa shape index (κ2) is 7.91. The van der Waals surface area contributed by atoms with Crippen LogP contribution < -0.4 is 0 Å². The Bertz CT molecular complexity index is 96.9. The maximum Gasteiger partial charge on any atom is 0.00964 e. The summed E-state index contributed by atoms with van der Waals surface area (Å²) in [5.41, 5.74) is 0. The molecule has 0 bridgehead atoms. The van der Waals surface area contributed by atoms with Gasteiger partial charge < -0.3 is 0 Å². The van der Waals surface area contributed by atoms with Gasteiger partial charge in [-0.2, -0.15) is 12.6 Å². The van der Waals surface area contributed by atoms with Crippen LogP contribution in [0.5, 0.6) is 0 Å². The molecule has 0 aliphatic carbocycles. The van der Waals surface area contributed by atoms with Gasteiger partial charge >= 0.3 is 0 Å². The molecule has 0 saturated heterocycles. The fraction of sp³-hybridized carbons (Fsp3) is 0.750. The second-order valence-electron chi connectivity index (χ2n) is 1.93. The molecular formula is C8H14S. The van der Waals surface area contributed by atoms with Crippen molar-refractivity contribution < 1.29 is 0 Å². The zero-order chi connectivity index (χ0) is 6.95. The zero-order valence-electron chi connectivity index (χ0n) is 5.98. The summed E-state index contributed by atoms with van der Waals surface area (Å²) in [5.74, 6) is 7.13. The first-order valence-electron chi connectivity index (χ1n) is 3.48. The molecule has 0 spiro atoms. The first-order chi connectivity index (χ1) is 4.41. The topological polar surface area (TPSA) is 0 Å². The summed E-state index contributed by atoms with van der Waals surface area (Å²) in [7, 11) is 0. The van der Waals surface area contributed by atoms with Gasteiger partial charge in [-0.15, -0.1) is 11.8 Å². The van der Waals surface area contributed by atoms with Crippen molar-refractivity contribution in [1.82, 2.24) is 0 Å². The molecular weight excluding hydrogens is 128 g/mol. The summed E-state index contributed by atoms with van der Waals surface area (Å²) in [5, 5.41) is 0. The molecule has 0 rings (SSSR count). The molecule has 52 valence electrons. The van der Waals surface area contributed by atoms with E-state index in [9.17, 15) is 0 Å². The molecule has 0 saturated carbocycles. The third-order valence-electron chi connectivity index (χ3n) is 0.960. The van der Waals surface area contributed by atoms with Gasteiger partial charge in [-0.05, 0) is 18.6 Å². The smallest absolute Gasteiger partial charge is 0.00964 e. The van der Waals surface area contributed by atoms with Crippen molar-refractivity contribution >= 4 is 12.6 Å². The molecule has 0 aliphatic heterocycles. The maximum atomic E-state index is 4.08. The lowest BCUT2D eigenvalue weighted by atomic mass is 10.3. The molecule has 0 atom stereocenters. The van der Waals surface area contributed by atoms with Gasteiger partial charge in [-0.25, -0.2) is 0 Å². The van der Waals surface area contributed by atoms with E-state index in [2.05, 4.69) is 31.4 Å². The lowest BCUT2D eigenvalue weighted by Crippen LogP contribution is -1.71. The van der Waals surface area contributed by atoms with E-state index in [0.717, 1.165) is 25.0 Å². The van der Waals surface area contributed by atoms with Crippen LogP contribution in [-0.2, 0) is 0 Å². The Kier molecular flexibility index (Phi) is 7.83. The molecule has 0 N–H and O–H groups in total. The Morgan fingerprint density at radius 1 is 1.22 bits per heavy atom. The van der Waals surface area contributed by atoms with E-state index < -0.39 is 0 Å². The number of rotatable bonds is 3. The van der Waals surface area contributed by atoms with E-state index in [1.807, 2.05) is 0 Å². The summed E-state index contributed by atoms with van der Waals surface area (Å²) in [6.07, 6.45) is 4.36. The van der Waals surface area contributed by atoms with E-state index >= 15 is 0 Å². The van der Waals surface area contributed by atoms with Crippen LogP contribution in [0.4, 0.5) is 0 Å². The van der Waals surface area contributed by atoms with Crippen LogP contribution in [0.2, 0.25) is 0 Å². The summed E-state index contributed by atoms with van der Waals surface area (Å²) >= 11 is 4.08. The highest BCUT2D eigenvalue weighted by Gasteiger charge is 1.75. The normalized spacial score (nSPS) is 8.22. The lowest BCUT2D eigenvalue weighted by Gasteiger charge is -1.82. The minimum absolute atomic E-state index is 0.959. The standard InChI is InChI=1S/C8H14S/c1-2-3-4-5-6-7-8-9/h9H,2-3,6-8H2,1H3. The van der Waals surface area contributed by atoms with E-state index in [4.69, 9.17) is 0 Å². The van der Waals surface area contributed by atoms with Crippen molar-refractivity contribution in [3.63, 3.8) is 0 Å². The molecule has 0 aliphatic rings. The largest absolute Gasteiger partial charge is 0.179 e. The van der Waals surface area contributed by atoms with Gasteiger partial charge in [0.15, 0.2) is 0 Å². The lowest BCUT2D eigenvalue weighted by molar-refractivity contribution is 0.967. The van der Waals surface area contributed by atoms with Gasteiger partial charge in [0.25, 0.3) is 0 Å². The summed E-state index contributed by atoms with van der Waals surface area (Å²) < 4.78 is 0. The molecule has 0 aromatic rings. The molecule has 9 heavy (non-hydrogen) atoms. The third kappa shape index (κ3) is 7.91. The SMILES string of the molecule is CCCC#CCCCS. The van der Waals surface area contributed by atoms with Crippen molar-refractivity contribution in [3.8, 4) is 11.8 Å². The first-order valence-corrected chi connectivity index (χ1v) is 4.11. The Morgan fingerprint density at radius 3 is 2.44 bits per heavy atom. The minimum atomic E-state index is 0.959. The van der Waals surface area contributed by atoms with Gasteiger partial charge in [0.1, 0.15) is 0 Å². The highest BCUT2D eigenvalue weighted by molar-refractivity contribution is 7.80. The van der Waals surface area contributed by atoms with E-state index in [1.54, 1.807) is 0 Å². The molecule has 0 unspecified atom stereocenters. The van der Waals surface area contributed by atoms with Crippen LogP contribution in [0.15, 0.2) is 0 Å². The maximum absolute atomic E-state index is 4.08. The Morgan fingerprint density at radius 2 is 1.89 bits per heavy atom. The fourth-order valence-corrected chi connectivity index (χ4v) is 0.627. The molecule has 0 amide bonds. The van der Waals surface area contributed by atoms with Crippen LogP contribution in [0.3, 0.4) is 0 Å². The van der Waals surface area contributed by atoms with Crippen LogP contribution in [0, 0.1) is 11.8 Å². The third-order valence-corrected chi connectivity index (χ3v) is 1.28. The molecule has 0 heterocycles. The fourth-order valence-electron chi connectivity index (χ4n) is 0.469. The number of hydrogen-bond donors (Lipinski definition) is 1. The second-order valence-corrected chi connectivity index (χ2v) is 2.38. The van der Waals surface area contributed by atoms with Crippen LogP contribution in [0.25, 0.3) is 0 Å². The van der Waals surface area contributed by atoms with Crippen molar-refractivity contribution in [2.45, 2.75) is 32.6 Å². The highest BCUT2D eigenvalue weighted by atomic mass is 32.1. The number of unbranched alkanes of at least 4 members (excludes halogenated alkanes) is 2. The van der Waals surface area contributed by atoms with Crippen LogP contribution in [-0.4, -0.2) is 5.75 Å². The Hall–Kier alpha value is -0.0900. The number of hydrogen-bond acceptors (Lipinski definition) is 1. The zero-order valence-corrected chi connectivity index (χ0v) is 6.88. The van der Waals surface area contributed by atoms with Gasteiger partial charge in [0, 0.05) is 12.8 Å². The van der Waals surface area contributed by atoms with Crippen molar-refractivity contribution in [2.24, 2.45) is 0 Å². The molecule has 0 nitrogen and oxygen atoms in total. The molecule has 0 aromatic carbocycles. The Balaban J connectivity index is 2.96. The molecule has 0 aromatic heterocycles. The quantitative estimate of drug-likeness (QED) is 0.349. The first kappa shape index (κ1) is 8.91. The summed E-state index contributed by atoms with van der Waals surface area (Å²) in [6.45, 7) is 2.15. The minimum Gasteiger partial charge on any atom is -0.179 e.